The van der Waals surface area contributed by atoms with Gasteiger partial charge >= 0.3 is 12.0 Å². The third kappa shape index (κ3) is 7.37. The van der Waals surface area contributed by atoms with Crippen LogP contribution in [0.3, 0.4) is 0 Å². The number of H-pyrrole nitrogens is 1. The summed E-state index contributed by atoms with van der Waals surface area (Å²) in [5.74, 6) is 0.131. The fraction of sp³-hybridized carbons (Fsp3) is 0.250. The van der Waals surface area contributed by atoms with Crippen LogP contribution >= 0.6 is 0 Å². The number of halogens is 1. The number of urea groups is 1. The van der Waals surface area contributed by atoms with E-state index in [1.807, 2.05) is 13.8 Å². The molecule has 2 atom stereocenters. The van der Waals surface area contributed by atoms with E-state index in [9.17, 15) is 18.8 Å². The van der Waals surface area contributed by atoms with Crippen LogP contribution in [0.4, 0.5) is 20.6 Å². The highest BCUT2D eigenvalue weighted by atomic mass is 19.1. The lowest BCUT2D eigenvalue weighted by Gasteiger charge is -2.37. The smallest absolute Gasteiger partial charge is 0.323 e. The van der Waals surface area contributed by atoms with Crippen molar-refractivity contribution in [2.24, 2.45) is 0 Å². The molecule has 0 aliphatic carbocycles. The van der Waals surface area contributed by atoms with Gasteiger partial charge in [0, 0.05) is 56.5 Å². The summed E-state index contributed by atoms with van der Waals surface area (Å²) in [7, 11) is 0. The number of carbonyl (C=O) groups excluding carboxylic acids is 3. The monoisotopic (exact) mass is 585 g/mol. The van der Waals surface area contributed by atoms with Crippen LogP contribution in [0.1, 0.15) is 42.6 Å². The van der Waals surface area contributed by atoms with Gasteiger partial charge in [0.25, 0.3) is 5.91 Å². The summed E-state index contributed by atoms with van der Waals surface area (Å²) in [4.78, 5) is 46.2. The van der Waals surface area contributed by atoms with Gasteiger partial charge in [-0.05, 0) is 67.9 Å². The van der Waals surface area contributed by atoms with E-state index < -0.39 is 11.8 Å². The number of piperidine rings is 1. The van der Waals surface area contributed by atoms with Crippen LogP contribution in [0.25, 0.3) is 11.4 Å². The lowest BCUT2D eigenvalue weighted by Crippen LogP contribution is -2.46. The van der Waals surface area contributed by atoms with E-state index in [1.54, 1.807) is 71.9 Å². The largest absolute Gasteiger partial charge is 0.462 e. The average Bonchev–Trinajstić information content (AvgIpc) is 3.46. The molecule has 1 aliphatic heterocycles. The summed E-state index contributed by atoms with van der Waals surface area (Å²) < 4.78 is 25.3. The Morgan fingerprint density at radius 3 is 2.56 bits per heavy atom. The van der Waals surface area contributed by atoms with Crippen molar-refractivity contribution in [1.82, 2.24) is 14.9 Å². The number of amides is 3. The molecule has 1 fully saturated rings. The third-order valence-electron chi connectivity index (χ3n) is 7.08. The zero-order chi connectivity index (χ0) is 30.5. The summed E-state index contributed by atoms with van der Waals surface area (Å²) >= 11 is 0. The van der Waals surface area contributed by atoms with E-state index in [1.165, 1.54) is 13.0 Å². The Balaban J connectivity index is 1.19. The molecule has 4 aromatic rings. The van der Waals surface area contributed by atoms with Crippen LogP contribution in [0.2, 0.25) is 0 Å². The van der Waals surface area contributed by atoms with Gasteiger partial charge in [-0.15, -0.1) is 0 Å². The zero-order valence-corrected chi connectivity index (χ0v) is 24.0. The Bertz CT molecular complexity index is 1640. The summed E-state index contributed by atoms with van der Waals surface area (Å²) in [5, 5.41) is 5.18. The van der Waals surface area contributed by atoms with Crippen LogP contribution in [0, 0.1) is 12.7 Å². The number of anilines is 2. The molecular weight excluding hydrogens is 553 g/mol. The first kappa shape index (κ1) is 29.3. The number of nitrogens with one attached hydrogen (secondary N) is 3. The Morgan fingerprint density at radius 1 is 1.02 bits per heavy atom. The van der Waals surface area contributed by atoms with Crippen molar-refractivity contribution in [2.75, 3.05) is 17.2 Å². The van der Waals surface area contributed by atoms with Gasteiger partial charge in [-0.25, -0.2) is 9.18 Å². The van der Waals surface area contributed by atoms with Gasteiger partial charge in [-0.2, -0.15) is 0 Å². The molecule has 2 unspecified atom stereocenters. The van der Waals surface area contributed by atoms with Crippen molar-refractivity contribution in [1.29, 1.82) is 0 Å². The molecule has 11 heteroatoms. The third-order valence-corrected chi connectivity index (χ3v) is 7.08. The number of hydrogen-bond donors (Lipinski definition) is 3. The van der Waals surface area contributed by atoms with Crippen LogP contribution < -0.4 is 15.4 Å². The molecule has 1 saturated heterocycles. The van der Waals surface area contributed by atoms with Crippen LogP contribution in [-0.2, 0) is 9.53 Å². The van der Waals surface area contributed by atoms with E-state index in [2.05, 4.69) is 20.6 Å². The van der Waals surface area contributed by atoms with E-state index >= 15 is 0 Å². The Morgan fingerprint density at radius 2 is 1.81 bits per heavy atom. The molecule has 0 saturated carbocycles. The van der Waals surface area contributed by atoms with Crippen molar-refractivity contribution in [2.45, 2.75) is 45.8 Å². The molecule has 2 aromatic heterocycles. The number of likely N-dealkylation sites (tertiary alicyclic amines) is 1. The second-order valence-electron chi connectivity index (χ2n) is 10.5. The fourth-order valence-corrected chi connectivity index (χ4v) is 4.99. The number of pyridine rings is 1. The first-order valence-corrected chi connectivity index (χ1v) is 13.9. The summed E-state index contributed by atoms with van der Waals surface area (Å²) in [6.07, 6.45) is 4.30. The number of aromatic amines is 1. The minimum atomic E-state index is -0.568. The van der Waals surface area contributed by atoms with Crippen molar-refractivity contribution in [3.63, 3.8) is 0 Å². The van der Waals surface area contributed by atoms with Crippen LogP contribution in [0.15, 0.2) is 73.1 Å². The number of hydrogen-bond acceptors (Lipinski definition) is 6. The van der Waals surface area contributed by atoms with E-state index in [0.29, 0.717) is 53.5 Å². The number of aryl methyl sites for hydroxylation is 1. The minimum Gasteiger partial charge on any atom is -0.462 e. The number of ether oxygens (including phenoxy) is 2. The fourth-order valence-electron chi connectivity index (χ4n) is 4.99. The predicted molar refractivity (Wildman–Crippen MR) is 160 cm³/mol. The van der Waals surface area contributed by atoms with Gasteiger partial charge in [-0.3, -0.25) is 14.6 Å². The number of esters is 1. The first-order chi connectivity index (χ1) is 20.6. The Kier molecular flexibility index (Phi) is 8.70. The molecule has 0 bridgehead atoms. The van der Waals surface area contributed by atoms with Crippen molar-refractivity contribution in [3.05, 3.63) is 90.0 Å². The maximum absolute atomic E-state index is 13.9. The quantitative estimate of drug-likeness (QED) is 0.212. The number of aromatic nitrogens is 2. The molecule has 3 N–H and O–H groups in total. The number of nitrogens with zero attached hydrogens (tertiary/aromatic N) is 2. The van der Waals surface area contributed by atoms with Crippen molar-refractivity contribution in [3.8, 4) is 22.9 Å². The van der Waals surface area contributed by atoms with Gasteiger partial charge in [0.15, 0.2) is 0 Å². The summed E-state index contributed by atoms with van der Waals surface area (Å²) in [6, 6.07) is 15.8. The minimum absolute atomic E-state index is 0.0640. The SMILES string of the molecule is CC(=O)OC1CCN(C(=O)c2c[nH]c(-c3cc(Oc4ccc(NC(=O)Nc5cc(C)ccc5F)cc4)ccn3)c2)C(C)C1. The van der Waals surface area contributed by atoms with Crippen molar-refractivity contribution >= 4 is 29.3 Å². The Hall–Kier alpha value is -5.19. The number of rotatable bonds is 7. The van der Waals surface area contributed by atoms with Gasteiger partial charge in [0.05, 0.1) is 22.6 Å². The van der Waals surface area contributed by atoms with Gasteiger partial charge in [0.2, 0.25) is 0 Å². The second kappa shape index (κ2) is 12.8. The highest BCUT2D eigenvalue weighted by Crippen LogP contribution is 2.28. The summed E-state index contributed by atoms with van der Waals surface area (Å²) in [6.45, 7) is 5.66. The normalized spacial score (nSPS) is 16.3. The molecule has 222 valence electrons. The van der Waals surface area contributed by atoms with Gasteiger partial charge < -0.3 is 30.0 Å². The lowest BCUT2D eigenvalue weighted by atomic mass is 9.99. The Labute approximate surface area is 248 Å². The molecule has 3 heterocycles. The number of benzene rings is 2. The molecule has 5 rings (SSSR count). The molecule has 10 nitrogen and oxygen atoms in total. The predicted octanol–water partition coefficient (Wildman–Crippen LogP) is 6.52. The maximum Gasteiger partial charge on any atom is 0.323 e. The first-order valence-electron chi connectivity index (χ1n) is 13.9. The van der Waals surface area contributed by atoms with Gasteiger partial charge in [0.1, 0.15) is 23.4 Å². The standard InChI is InChI=1S/C32H32FN5O5/c1-19-4-9-27(33)28(14-19)37-32(41)36-23-5-7-24(8-6-23)43-25-10-12-34-30(17-25)29-16-22(18-35-29)31(40)38-13-11-26(15-20(38)2)42-21(3)39/h4-10,12,14,16-18,20,26,35H,11,13,15H2,1-3H3,(H2,36,37,41). The lowest BCUT2D eigenvalue weighted by molar-refractivity contribution is -0.148. The number of carbonyl (C=O) groups is 3. The van der Waals surface area contributed by atoms with Crippen LogP contribution in [0.5, 0.6) is 11.5 Å². The van der Waals surface area contributed by atoms with E-state index in [4.69, 9.17) is 9.47 Å². The van der Waals surface area contributed by atoms with E-state index in [-0.39, 0.29) is 29.7 Å². The summed E-state index contributed by atoms with van der Waals surface area (Å²) in [5.41, 5.74) is 3.19. The molecule has 0 radical (unpaired) electrons. The average molecular weight is 586 g/mol. The zero-order valence-electron chi connectivity index (χ0n) is 24.0. The molecule has 3 amide bonds. The van der Waals surface area contributed by atoms with Crippen molar-refractivity contribution < 1.29 is 28.2 Å². The molecule has 43 heavy (non-hydrogen) atoms. The molecule has 0 spiro atoms. The highest BCUT2D eigenvalue weighted by molar-refractivity contribution is 6.00. The molecular formula is C32H32FN5O5. The van der Waals surface area contributed by atoms with E-state index in [0.717, 1.165) is 5.56 Å². The van der Waals surface area contributed by atoms with Crippen LogP contribution in [-0.4, -0.2) is 51.5 Å². The second-order valence-corrected chi connectivity index (χ2v) is 10.5. The molecule has 1 aliphatic rings. The highest BCUT2D eigenvalue weighted by Gasteiger charge is 2.31. The topological polar surface area (TPSA) is 126 Å². The molecule has 2 aromatic carbocycles. The maximum atomic E-state index is 13.9. The van der Waals surface area contributed by atoms with Gasteiger partial charge in [-0.1, -0.05) is 6.07 Å².